The standard InChI is InChI=1S/C23H22N4O/c28-23(25-17-10-13-27(14-11-17)22-7-3-4-12-24-22)21-15-19-18-6-2-1-5-16(18)8-9-20(19)26-21/h1-9,12,15,17,26H,10-11,13-14H2,(H,25,28). The predicted molar refractivity (Wildman–Crippen MR) is 113 cm³/mol. The molecule has 2 aromatic heterocycles. The van der Waals surface area contributed by atoms with Crippen LogP contribution in [0.15, 0.2) is 66.9 Å². The lowest BCUT2D eigenvalue weighted by atomic mass is 10.0. The number of carbonyl (C=O) groups is 1. The molecule has 0 aliphatic carbocycles. The predicted octanol–water partition coefficient (Wildman–Crippen LogP) is 4.11. The van der Waals surface area contributed by atoms with Gasteiger partial charge in [0.1, 0.15) is 11.5 Å². The van der Waals surface area contributed by atoms with Crippen molar-refractivity contribution in [1.29, 1.82) is 0 Å². The van der Waals surface area contributed by atoms with Crippen LogP contribution in [0.2, 0.25) is 0 Å². The van der Waals surface area contributed by atoms with Crippen LogP contribution in [0, 0.1) is 0 Å². The number of benzene rings is 2. The molecule has 3 heterocycles. The van der Waals surface area contributed by atoms with Crippen LogP contribution >= 0.6 is 0 Å². The fraction of sp³-hybridized carbons (Fsp3) is 0.217. The number of pyridine rings is 1. The molecule has 4 aromatic rings. The second-order valence-electron chi connectivity index (χ2n) is 7.35. The first-order valence-corrected chi connectivity index (χ1v) is 9.75. The van der Waals surface area contributed by atoms with Gasteiger partial charge in [-0.2, -0.15) is 0 Å². The van der Waals surface area contributed by atoms with Crippen molar-refractivity contribution < 1.29 is 4.79 Å². The Balaban J connectivity index is 1.29. The van der Waals surface area contributed by atoms with E-state index >= 15 is 0 Å². The Morgan fingerprint density at radius 3 is 2.64 bits per heavy atom. The van der Waals surface area contributed by atoms with Crippen LogP contribution in [0.3, 0.4) is 0 Å². The average Bonchev–Trinajstić information content (AvgIpc) is 3.20. The number of nitrogens with zero attached hydrogens (tertiary/aromatic N) is 2. The van der Waals surface area contributed by atoms with Gasteiger partial charge in [0.25, 0.3) is 5.91 Å². The molecule has 1 fully saturated rings. The summed E-state index contributed by atoms with van der Waals surface area (Å²) in [6.45, 7) is 1.80. The van der Waals surface area contributed by atoms with E-state index in [1.165, 1.54) is 10.8 Å². The SMILES string of the molecule is O=C(NC1CCN(c2ccccn2)CC1)c1cc2c(ccc3ccccc32)[nH]1. The first kappa shape index (κ1) is 16.8. The highest BCUT2D eigenvalue weighted by molar-refractivity contribution is 6.09. The Bertz CT molecular complexity index is 1130. The van der Waals surface area contributed by atoms with E-state index in [0.717, 1.165) is 42.7 Å². The number of aromatic amines is 1. The van der Waals surface area contributed by atoms with Crippen molar-refractivity contribution in [1.82, 2.24) is 15.3 Å². The highest BCUT2D eigenvalue weighted by atomic mass is 16.1. The number of amides is 1. The van der Waals surface area contributed by atoms with E-state index in [0.29, 0.717) is 5.69 Å². The summed E-state index contributed by atoms with van der Waals surface area (Å²) in [5.41, 5.74) is 1.62. The van der Waals surface area contributed by atoms with E-state index in [9.17, 15) is 4.79 Å². The van der Waals surface area contributed by atoms with Crippen molar-refractivity contribution in [3.05, 3.63) is 72.6 Å². The van der Waals surface area contributed by atoms with Crippen molar-refractivity contribution in [2.45, 2.75) is 18.9 Å². The Morgan fingerprint density at radius 2 is 1.82 bits per heavy atom. The van der Waals surface area contributed by atoms with Gasteiger partial charge in [0, 0.05) is 36.2 Å². The number of carbonyl (C=O) groups excluding carboxylic acids is 1. The number of anilines is 1. The molecule has 140 valence electrons. The first-order valence-electron chi connectivity index (χ1n) is 9.75. The van der Waals surface area contributed by atoms with E-state index in [2.05, 4.69) is 38.4 Å². The van der Waals surface area contributed by atoms with Gasteiger partial charge in [0.2, 0.25) is 0 Å². The summed E-state index contributed by atoms with van der Waals surface area (Å²) < 4.78 is 0. The summed E-state index contributed by atoms with van der Waals surface area (Å²) in [4.78, 5) is 22.8. The van der Waals surface area contributed by atoms with Crippen molar-refractivity contribution in [2.24, 2.45) is 0 Å². The van der Waals surface area contributed by atoms with Gasteiger partial charge in [0.05, 0.1) is 0 Å². The second kappa shape index (κ2) is 7.00. The van der Waals surface area contributed by atoms with E-state index in [-0.39, 0.29) is 11.9 Å². The molecule has 0 unspecified atom stereocenters. The number of piperidine rings is 1. The van der Waals surface area contributed by atoms with Crippen molar-refractivity contribution >= 4 is 33.4 Å². The number of rotatable bonds is 3. The molecule has 5 rings (SSSR count). The van der Waals surface area contributed by atoms with Gasteiger partial charge in [-0.05, 0) is 47.9 Å². The smallest absolute Gasteiger partial charge is 0.267 e. The number of aromatic nitrogens is 2. The van der Waals surface area contributed by atoms with Gasteiger partial charge in [-0.15, -0.1) is 0 Å². The summed E-state index contributed by atoms with van der Waals surface area (Å²) in [7, 11) is 0. The summed E-state index contributed by atoms with van der Waals surface area (Å²) in [5, 5.41) is 6.64. The maximum absolute atomic E-state index is 12.8. The molecule has 5 nitrogen and oxygen atoms in total. The number of nitrogens with one attached hydrogen (secondary N) is 2. The Labute approximate surface area is 163 Å². The zero-order valence-corrected chi connectivity index (χ0v) is 15.6. The van der Waals surface area contributed by atoms with E-state index < -0.39 is 0 Å². The molecule has 0 saturated carbocycles. The number of hydrogen-bond acceptors (Lipinski definition) is 3. The Morgan fingerprint density at radius 1 is 1.00 bits per heavy atom. The highest BCUT2D eigenvalue weighted by Gasteiger charge is 2.22. The minimum absolute atomic E-state index is 0.0310. The summed E-state index contributed by atoms with van der Waals surface area (Å²) >= 11 is 0. The van der Waals surface area contributed by atoms with Gasteiger partial charge < -0.3 is 15.2 Å². The van der Waals surface area contributed by atoms with Crippen LogP contribution < -0.4 is 10.2 Å². The molecule has 0 bridgehead atoms. The third-order valence-electron chi connectivity index (χ3n) is 5.58. The maximum atomic E-state index is 12.8. The van der Waals surface area contributed by atoms with Gasteiger partial charge in [-0.1, -0.05) is 36.4 Å². The molecular formula is C23H22N4O. The Hall–Kier alpha value is -3.34. The minimum atomic E-state index is -0.0310. The molecule has 5 heteroatoms. The van der Waals surface area contributed by atoms with Gasteiger partial charge in [-0.25, -0.2) is 4.98 Å². The largest absolute Gasteiger partial charge is 0.356 e. The fourth-order valence-corrected chi connectivity index (χ4v) is 4.06. The van der Waals surface area contributed by atoms with Crippen LogP contribution in [0.25, 0.3) is 21.7 Å². The lowest BCUT2D eigenvalue weighted by molar-refractivity contribution is 0.0927. The lowest BCUT2D eigenvalue weighted by Crippen LogP contribution is -2.45. The molecule has 1 saturated heterocycles. The summed E-state index contributed by atoms with van der Waals surface area (Å²) in [5.74, 6) is 0.978. The van der Waals surface area contributed by atoms with Crippen LogP contribution in [-0.2, 0) is 0 Å². The highest BCUT2D eigenvalue weighted by Crippen LogP contribution is 2.26. The van der Waals surface area contributed by atoms with Gasteiger partial charge >= 0.3 is 0 Å². The van der Waals surface area contributed by atoms with Gasteiger partial charge in [-0.3, -0.25) is 4.79 Å². The molecule has 1 amide bonds. The maximum Gasteiger partial charge on any atom is 0.267 e. The molecule has 2 aromatic carbocycles. The summed E-state index contributed by atoms with van der Waals surface area (Å²) in [6.07, 6.45) is 3.67. The van der Waals surface area contributed by atoms with Gasteiger partial charge in [0.15, 0.2) is 0 Å². The van der Waals surface area contributed by atoms with Crippen LogP contribution in [0.4, 0.5) is 5.82 Å². The quantitative estimate of drug-likeness (QED) is 0.570. The van der Waals surface area contributed by atoms with Crippen LogP contribution in [0.1, 0.15) is 23.3 Å². The Kier molecular flexibility index (Phi) is 4.20. The third-order valence-corrected chi connectivity index (χ3v) is 5.58. The lowest BCUT2D eigenvalue weighted by Gasteiger charge is -2.33. The molecule has 0 spiro atoms. The van der Waals surface area contributed by atoms with Crippen molar-refractivity contribution in [3.63, 3.8) is 0 Å². The molecule has 1 aliphatic rings. The third kappa shape index (κ3) is 3.09. The molecule has 2 N–H and O–H groups in total. The molecule has 0 radical (unpaired) electrons. The van der Waals surface area contributed by atoms with Crippen LogP contribution in [-0.4, -0.2) is 35.0 Å². The molecule has 28 heavy (non-hydrogen) atoms. The zero-order chi connectivity index (χ0) is 18.9. The zero-order valence-electron chi connectivity index (χ0n) is 15.6. The normalized spacial score (nSPS) is 15.2. The number of hydrogen-bond donors (Lipinski definition) is 2. The summed E-state index contributed by atoms with van der Waals surface area (Å²) in [6, 6.07) is 20.5. The monoisotopic (exact) mass is 370 g/mol. The topological polar surface area (TPSA) is 61.0 Å². The second-order valence-corrected chi connectivity index (χ2v) is 7.35. The van der Waals surface area contributed by atoms with Crippen LogP contribution in [0.5, 0.6) is 0 Å². The number of H-pyrrole nitrogens is 1. The van der Waals surface area contributed by atoms with E-state index in [1.807, 2.05) is 48.7 Å². The van der Waals surface area contributed by atoms with E-state index in [1.54, 1.807) is 0 Å². The van der Waals surface area contributed by atoms with E-state index in [4.69, 9.17) is 0 Å². The van der Waals surface area contributed by atoms with Crippen molar-refractivity contribution in [3.8, 4) is 0 Å². The number of fused-ring (bicyclic) bond motifs is 3. The van der Waals surface area contributed by atoms with Crippen molar-refractivity contribution in [2.75, 3.05) is 18.0 Å². The fourth-order valence-electron chi connectivity index (χ4n) is 4.06. The molecule has 1 aliphatic heterocycles. The minimum Gasteiger partial charge on any atom is -0.356 e. The molecule has 0 atom stereocenters. The molecular weight excluding hydrogens is 348 g/mol. The first-order chi connectivity index (χ1) is 13.8. The average molecular weight is 370 g/mol.